The van der Waals surface area contributed by atoms with Crippen molar-refractivity contribution in [1.29, 1.82) is 0 Å². The summed E-state index contributed by atoms with van der Waals surface area (Å²) in [6, 6.07) is 0. The fourth-order valence-electron chi connectivity index (χ4n) is 0.919. The molecule has 0 radical (unpaired) electrons. The van der Waals surface area contributed by atoms with Gasteiger partial charge in [-0.25, -0.2) is 4.98 Å². The Labute approximate surface area is 85.2 Å². The average molecular weight is 256 g/mol. The van der Waals surface area contributed by atoms with Crippen molar-refractivity contribution in [3.63, 3.8) is 0 Å². The Morgan fingerprint density at radius 2 is 2.13 bits per heavy atom. The highest BCUT2D eigenvalue weighted by Gasteiger charge is 2.50. The maximum absolute atomic E-state index is 10.9. The van der Waals surface area contributed by atoms with E-state index in [1.807, 2.05) is 0 Å². The molecule has 0 spiro atoms. The second-order valence-corrected chi connectivity index (χ2v) is 6.59. The van der Waals surface area contributed by atoms with Crippen molar-refractivity contribution < 1.29 is 28.9 Å². The van der Waals surface area contributed by atoms with Crippen LogP contribution in [-0.2, 0) is 15.7 Å². The molecule has 0 aliphatic heterocycles. The Hall–Kier alpha value is -0.490. The second kappa shape index (κ2) is 4.17. The molecule has 0 aromatic carbocycles. The normalized spacial score (nSPS) is 18.4. The first kappa shape index (κ1) is 12.6. The Bertz CT molecular complexity index is 400. The van der Waals surface area contributed by atoms with Crippen LogP contribution in [0, 0.1) is 0 Å². The Balaban J connectivity index is 3.04. The van der Waals surface area contributed by atoms with Gasteiger partial charge in [0.25, 0.3) is 5.08 Å². The van der Waals surface area contributed by atoms with Crippen LogP contribution in [0.15, 0.2) is 18.7 Å². The van der Waals surface area contributed by atoms with Crippen LogP contribution in [0.5, 0.6) is 0 Å². The van der Waals surface area contributed by atoms with Crippen molar-refractivity contribution in [1.82, 2.24) is 9.55 Å². The molecule has 4 N–H and O–H groups in total. The topological polar surface area (TPSA) is 133 Å². The SMILES string of the molecule is O=[PH](O)C(O)(Cn1ccnc1)P(=O)(O)O. The van der Waals surface area contributed by atoms with E-state index < -0.39 is 27.3 Å². The van der Waals surface area contributed by atoms with Crippen molar-refractivity contribution in [3.8, 4) is 0 Å². The summed E-state index contributed by atoms with van der Waals surface area (Å²) in [6.45, 7) is -0.689. The molecule has 2 unspecified atom stereocenters. The minimum atomic E-state index is -5.10. The Morgan fingerprint density at radius 1 is 1.53 bits per heavy atom. The van der Waals surface area contributed by atoms with Gasteiger partial charge >= 0.3 is 7.60 Å². The number of aromatic nitrogens is 2. The van der Waals surface area contributed by atoms with Gasteiger partial charge in [0.15, 0.2) is 0 Å². The minimum absolute atomic E-state index is 0.689. The summed E-state index contributed by atoms with van der Waals surface area (Å²) >= 11 is 0. The van der Waals surface area contributed by atoms with Gasteiger partial charge in [0.05, 0.1) is 12.9 Å². The molecule has 8 nitrogen and oxygen atoms in total. The van der Waals surface area contributed by atoms with E-state index in [0.29, 0.717) is 0 Å². The Morgan fingerprint density at radius 3 is 2.47 bits per heavy atom. The van der Waals surface area contributed by atoms with E-state index in [4.69, 9.17) is 14.7 Å². The molecule has 1 aromatic rings. The van der Waals surface area contributed by atoms with Crippen molar-refractivity contribution in [2.45, 2.75) is 11.6 Å². The zero-order valence-electron chi connectivity index (χ0n) is 7.39. The van der Waals surface area contributed by atoms with Crippen molar-refractivity contribution in [2.24, 2.45) is 0 Å². The smallest absolute Gasteiger partial charge is 0.368 e. The lowest BCUT2D eigenvalue weighted by atomic mass is 10.6. The summed E-state index contributed by atoms with van der Waals surface area (Å²) in [7, 11) is -8.91. The summed E-state index contributed by atoms with van der Waals surface area (Å²) in [6.07, 6.45) is 3.80. The van der Waals surface area contributed by atoms with E-state index in [2.05, 4.69) is 4.98 Å². The number of hydrogen-bond donors (Lipinski definition) is 4. The first-order valence-electron chi connectivity index (χ1n) is 3.74. The molecular formula is C5H10N2O6P2. The fourth-order valence-corrected chi connectivity index (χ4v) is 2.58. The minimum Gasteiger partial charge on any atom is -0.368 e. The molecule has 0 saturated heterocycles. The van der Waals surface area contributed by atoms with E-state index in [-0.39, 0.29) is 0 Å². The molecule has 10 heteroatoms. The van der Waals surface area contributed by atoms with E-state index in [0.717, 1.165) is 4.57 Å². The highest BCUT2D eigenvalue weighted by atomic mass is 31.2. The van der Waals surface area contributed by atoms with E-state index in [1.165, 1.54) is 18.7 Å². The maximum Gasteiger partial charge on any atom is 0.368 e. The van der Waals surface area contributed by atoms with E-state index >= 15 is 0 Å². The zero-order valence-corrected chi connectivity index (χ0v) is 9.28. The molecule has 2 atom stereocenters. The second-order valence-electron chi connectivity index (χ2n) is 2.90. The molecule has 0 saturated carbocycles. The van der Waals surface area contributed by atoms with Crippen molar-refractivity contribution >= 4 is 15.6 Å². The lowest BCUT2D eigenvalue weighted by molar-refractivity contribution is 0.137. The summed E-state index contributed by atoms with van der Waals surface area (Å²) < 4.78 is 22.8. The van der Waals surface area contributed by atoms with Gasteiger partial charge in [-0.15, -0.1) is 0 Å². The Kier molecular flexibility index (Phi) is 3.50. The first-order chi connectivity index (χ1) is 6.77. The van der Waals surface area contributed by atoms with E-state index in [1.54, 1.807) is 0 Å². The van der Waals surface area contributed by atoms with Crippen LogP contribution in [0.3, 0.4) is 0 Å². The van der Waals surface area contributed by atoms with Crippen molar-refractivity contribution in [2.75, 3.05) is 0 Å². The largest absolute Gasteiger partial charge is 0.368 e. The molecule has 1 rings (SSSR count). The summed E-state index contributed by atoms with van der Waals surface area (Å²) in [5.74, 6) is 0. The van der Waals surface area contributed by atoms with E-state index in [9.17, 15) is 14.2 Å². The molecule has 0 amide bonds. The van der Waals surface area contributed by atoms with Crippen LogP contribution in [0.2, 0.25) is 0 Å². The van der Waals surface area contributed by atoms with Crippen LogP contribution in [0.4, 0.5) is 0 Å². The van der Waals surface area contributed by atoms with Gasteiger partial charge in [0.1, 0.15) is 0 Å². The highest BCUT2D eigenvalue weighted by molar-refractivity contribution is 7.66. The molecule has 86 valence electrons. The lowest BCUT2D eigenvalue weighted by Crippen LogP contribution is -2.29. The standard InChI is InChI=1S/C5H10N2O6P2/c8-5(14(9)10,15(11,12)13)3-7-2-1-6-4-7/h1-2,4,8,14H,3H2,(H,9,10)(H2,11,12,13). The molecule has 0 bridgehead atoms. The van der Waals surface area contributed by atoms with Crippen LogP contribution < -0.4 is 0 Å². The average Bonchev–Trinajstić information content (AvgIpc) is 2.54. The third-order valence-corrected chi connectivity index (χ3v) is 5.18. The first-order valence-corrected chi connectivity index (χ1v) is 6.71. The number of aliphatic hydroxyl groups is 1. The third-order valence-electron chi connectivity index (χ3n) is 1.79. The summed E-state index contributed by atoms with van der Waals surface area (Å²) in [4.78, 5) is 29.9. The van der Waals surface area contributed by atoms with Crippen LogP contribution >= 0.6 is 15.6 Å². The number of nitrogens with zero attached hydrogens (tertiary/aromatic N) is 2. The highest BCUT2D eigenvalue weighted by Crippen LogP contribution is 2.60. The predicted octanol–water partition coefficient (Wildman–Crippen LogP) is -0.826. The van der Waals surface area contributed by atoms with Gasteiger partial charge in [0, 0.05) is 12.4 Å². The number of imidazole rings is 1. The molecule has 15 heavy (non-hydrogen) atoms. The monoisotopic (exact) mass is 256 g/mol. The van der Waals surface area contributed by atoms with Crippen molar-refractivity contribution in [3.05, 3.63) is 18.7 Å². The van der Waals surface area contributed by atoms with Gasteiger partial charge in [-0.3, -0.25) is 9.13 Å². The molecule has 1 heterocycles. The zero-order chi connectivity index (χ0) is 11.7. The number of rotatable bonds is 4. The van der Waals surface area contributed by atoms with Crippen LogP contribution in [0.25, 0.3) is 0 Å². The van der Waals surface area contributed by atoms with Crippen LogP contribution in [-0.4, -0.2) is 34.4 Å². The van der Waals surface area contributed by atoms with Gasteiger partial charge < -0.3 is 24.4 Å². The van der Waals surface area contributed by atoms with Gasteiger partial charge in [0.2, 0.25) is 8.03 Å². The van der Waals surface area contributed by atoms with Gasteiger partial charge in [-0.05, 0) is 0 Å². The van der Waals surface area contributed by atoms with Gasteiger partial charge in [-0.2, -0.15) is 0 Å². The third kappa shape index (κ3) is 2.55. The van der Waals surface area contributed by atoms with Gasteiger partial charge in [-0.1, -0.05) is 0 Å². The predicted molar refractivity (Wildman–Crippen MR) is 50.4 cm³/mol. The molecule has 0 aliphatic rings. The number of hydrogen-bond acceptors (Lipinski definition) is 4. The lowest BCUT2D eigenvalue weighted by Gasteiger charge is -2.25. The molecule has 1 aromatic heterocycles. The molecular weight excluding hydrogens is 246 g/mol. The molecule has 0 aliphatic carbocycles. The summed E-state index contributed by atoms with van der Waals surface area (Å²) in [5.41, 5.74) is 0. The quantitative estimate of drug-likeness (QED) is 0.517. The summed E-state index contributed by atoms with van der Waals surface area (Å²) in [5, 5.41) is 6.52. The van der Waals surface area contributed by atoms with Crippen LogP contribution in [0.1, 0.15) is 0 Å². The maximum atomic E-state index is 10.9. The fraction of sp³-hybridized carbons (Fsp3) is 0.400. The molecule has 0 fully saturated rings.